The van der Waals surface area contributed by atoms with E-state index in [0.717, 1.165) is 51.9 Å². The number of fused-ring (bicyclic) bond motifs is 4. The molecule has 4 aromatic rings. The minimum absolute atomic E-state index is 0.0613. The third kappa shape index (κ3) is 3.93. The van der Waals surface area contributed by atoms with Crippen LogP contribution in [0.1, 0.15) is 68.3 Å². The third-order valence-corrected chi connectivity index (χ3v) is 7.33. The number of oxazole rings is 1. The Morgan fingerprint density at radius 1 is 1.24 bits per heavy atom. The molecule has 0 spiro atoms. The first-order valence-corrected chi connectivity index (χ1v) is 12.2. The lowest BCUT2D eigenvalue weighted by Crippen LogP contribution is -2.27. The lowest BCUT2D eigenvalue weighted by Gasteiger charge is -2.29. The van der Waals surface area contributed by atoms with Gasteiger partial charge in [-0.1, -0.05) is 6.07 Å². The predicted octanol–water partition coefficient (Wildman–Crippen LogP) is 6.03. The molecule has 7 heteroatoms. The number of carbonyl (C=O) groups is 1. The number of hydrogen-bond donors (Lipinski definition) is 1. The number of ketones is 1. The Balaban J connectivity index is 1.88. The molecule has 0 aliphatic heterocycles. The zero-order chi connectivity index (χ0) is 23.5. The Hall–Kier alpha value is -2.77. The van der Waals surface area contributed by atoms with Crippen molar-refractivity contribution in [3.63, 3.8) is 0 Å². The van der Waals surface area contributed by atoms with Gasteiger partial charge in [-0.3, -0.25) is 9.78 Å². The van der Waals surface area contributed by atoms with E-state index in [4.69, 9.17) is 14.1 Å². The van der Waals surface area contributed by atoms with E-state index >= 15 is 0 Å². The van der Waals surface area contributed by atoms with Crippen LogP contribution < -0.4 is 5.76 Å². The number of nitrogens with zero attached hydrogens (tertiary/aromatic N) is 1. The van der Waals surface area contributed by atoms with Crippen molar-refractivity contribution in [1.29, 1.82) is 0 Å². The summed E-state index contributed by atoms with van der Waals surface area (Å²) in [5.41, 5.74) is 5.40. The molecular weight excluding hydrogens is 436 g/mol. The predicted molar refractivity (Wildman–Crippen MR) is 131 cm³/mol. The molecule has 0 saturated carbocycles. The van der Waals surface area contributed by atoms with Gasteiger partial charge in [-0.15, -0.1) is 11.3 Å². The van der Waals surface area contributed by atoms with E-state index in [-0.39, 0.29) is 5.78 Å². The largest absolute Gasteiger partial charge is 0.417 e. The van der Waals surface area contributed by atoms with Gasteiger partial charge in [0, 0.05) is 27.1 Å². The standard InChI is InChI=1S/C26H28N2O4S/c1-13-20(23(14(2)29)32-26(3,4)5)21(15-10-11-17-18(12-15)31-25(30)28-17)22-16-8-6-7-9-19(16)33-24(22)27-13/h10-12,23H,6-9H2,1-5H3,(H,28,30)/t23-/m1/s1. The number of Topliss-reactive ketones (excluding diaryl/α,β-unsaturated/α-hetero) is 1. The molecule has 3 heterocycles. The summed E-state index contributed by atoms with van der Waals surface area (Å²) in [7, 11) is 0. The van der Waals surface area contributed by atoms with Crippen molar-refractivity contribution in [1.82, 2.24) is 9.97 Å². The normalized spacial score (nSPS) is 15.2. The molecule has 1 aliphatic rings. The van der Waals surface area contributed by atoms with Crippen LogP contribution in [0.2, 0.25) is 0 Å². The van der Waals surface area contributed by atoms with Gasteiger partial charge in [-0.05, 0) is 83.6 Å². The quantitative estimate of drug-likeness (QED) is 0.398. The third-order valence-electron chi connectivity index (χ3n) is 6.14. The summed E-state index contributed by atoms with van der Waals surface area (Å²) in [6.07, 6.45) is 3.64. The highest BCUT2D eigenvalue weighted by atomic mass is 32.1. The van der Waals surface area contributed by atoms with Gasteiger partial charge in [0.25, 0.3) is 0 Å². The zero-order valence-electron chi connectivity index (χ0n) is 19.6. The van der Waals surface area contributed by atoms with Gasteiger partial charge >= 0.3 is 5.76 Å². The number of aromatic nitrogens is 2. The van der Waals surface area contributed by atoms with Crippen LogP contribution in [0.5, 0.6) is 0 Å². The van der Waals surface area contributed by atoms with Crippen LogP contribution in [-0.4, -0.2) is 21.4 Å². The van der Waals surface area contributed by atoms with Crippen LogP contribution in [0, 0.1) is 6.92 Å². The van der Waals surface area contributed by atoms with E-state index in [0.29, 0.717) is 11.1 Å². The van der Waals surface area contributed by atoms with Crippen molar-refractivity contribution in [2.45, 2.75) is 72.0 Å². The Kier molecular flexibility index (Phi) is 5.29. The second kappa shape index (κ2) is 7.92. The summed E-state index contributed by atoms with van der Waals surface area (Å²) in [6, 6.07) is 5.71. The number of thiophene rings is 1. The minimum Gasteiger partial charge on any atom is -0.408 e. The van der Waals surface area contributed by atoms with E-state index in [9.17, 15) is 9.59 Å². The SMILES string of the molecule is CC(=O)[C@@H](OC(C)(C)C)c1c(C)nc2sc3c(c2c1-c1ccc2[nH]c(=O)oc2c1)CCCC3. The van der Waals surface area contributed by atoms with Crippen LogP contribution in [0.3, 0.4) is 0 Å². The van der Waals surface area contributed by atoms with E-state index in [1.54, 1.807) is 18.3 Å². The van der Waals surface area contributed by atoms with Crippen molar-refractivity contribution in [2.24, 2.45) is 0 Å². The second-order valence-electron chi connectivity index (χ2n) is 9.82. The van der Waals surface area contributed by atoms with Crippen molar-refractivity contribution < 1.29 is 13.9 Å². The monoisotopic (exact) mass is 464 g/mol. The summed E-state index contributed by atoms with van der Waals surface area (Å²) in [5, 5.41) is 1.11. The Labute approximate surface area is 196 Å². The fraction of sp³-hybridized carbons (Fsp3) is 0.423. The Morgan fingerprint density at radius 2 is 2.00 bits per heavy atom. The number of rotatable bonds is 4. The van der Waals surface area contributed by atoms with Crippen LogP contribution >= 0.6 is 11.3 Å². The molecule has 1 aliphatic carbocycles. The highest BCUT2D eigenvalue weighted by Gasteiger charge is 2.32. The Morgan fingerprint density at radius 3 is 2.73 bits per heavy atom. The van der Waals surface area contributed by atoms with Gasteiger partial charge < -0.3 is 9.15 Å². The van der Waals surface area contributed by atoms with Gasteiger partial charge in [0.05, 0.1) is 11.1 Å². The topological polar surface area (TPSA) is 85.2 Å². The number of benzene rings is 1. The molecule has 0 saturated heterocycles. The molecule has 33 heavy (non-hydrogen) atoms. The number of aryl methyl sites for hydroxylation is 3. The molecule has 0 unspecified atom stereocenters. The van der Waals surface area contributed by atoms with Crippen molar-refractivity contribution in [3.8, 4) is 11.1 Å². The summed E-state index contributed by atoms with van der Waals surface area (Å²) in [4.78, 5) is 34.8. The number of hydrogen-bond acceptors (Lipinski definition) is 6. The smallest absolute Gasteiger partial charge is 0.408 e. The molecule has 172 valence electrons. The lowest BCUT2D eigenvalue weighted by atomic mass is 9.87. The maximum absolute atomic E-state index is 12.9. The highest BCUT2D eigenvalue weighted by molar-refractivity contribution is 7.19. The molecule has 0 radical (unpaired) electrons. The average molecular weight is 465 g/mol. The summed E-state index contributed by atoms with van der Waals surface area (Å²) in [6.45, 7) is 9.39. The number of carbonyl (C=O) groups excluding carboxylic acids is 1. The van der Waals surface area contributed by atoms with Crippen LogP contribution in [0.25, 0.3) is 32.4 Å². The van der Waals surface area contributed by atoms with Gasteiger partial charge in [0.1, 0.15) is 10.9 Å². The molecule has 0 bridgehead atoms. The minimum atomic E-state index is -0.745. The molecule has 0 amide bonds. The molecule has 6 nitrogen and oxygen atoms in total. The highest BCUT2D eigenvalue weighted by Crippen LogP contribution is 2.46. The Bertz CT molecular complexity index is 1450. The van der Waals surface area contributed by atoms with Crippen molar-refractivity contribution in [3.05, 3.63) is 50.4 Å². The van der Waals surface area contributed by atoms with Crippen LogP contribution in [0.4, 0.5) is 0 Å². The van der Waals surface area contributed by atoms with Gasteiger partial charge in [-0.25, -0.2) is 9.78 Å². The first-order valence-electron chi connectivity index (χ1n) is 11.4. The second-order valence-corrected chi connectivity index (χ2v) is 10.9. The number of nitrogens with one attached hydrogen (secondary N) is 1. The molecule has 3 aromatic heterocycles. The fourth-order valence-corrected chi connectivity index (χ4v) is 6.15. The molecule has 0 fully saturated rings. The average Bonchev–Trinajstić information content (AvgIpc) is 3.28. The first-order chi connectivity index (χ1) is 15.6. The van der Waals surface area contributed by atoms with E-state index < -0.39 is 17.5 Å². The molecule has 1 aromatic carbocycles. The van der Waals surface area contributed by atoms with Crippen LogP contribution in [0.15, 0.2) is 27.4 Å². The molecule has 1 atom stereocenters. The van der Waals surface area contributed by atoms with E-state index in [1.165, 1.54) is 16.9 Å². The first kappa shape index (κ1) is 22.0. The van der Waals surface area contributed by atoms with Gasteiger partial charge in [0.2, 0.25) is 0 Å². The molecular formula is C26H28N2O4S. The van der Waals surface area contributed by atoms with Crippen molar-refractivity contribution in [2.75, 3.05) is 0 Å². The number of ether oxygens (including phenoxy) is 1. The summed E-state index contributed by atoms with van der Waals surface area (Å²) >= 11 is 1.76. The zero-order valence-corrected chi connectivity index (χ0v) is 20.4. The summed E-state index contributed by atoms with van der Waals surface area (Å²) in [5.74, 6) is -0.544. The fourth-order valence-electron chi connectivity index (χ4n) is 4.84. The molecule has 5 rings (SSSR count). The summed E-state index contributed by atoms with van der Waals surface area (Å²) < 4.78 is 11.7. The van der Waals surface area contributed by atoms with Gasteiger partial charge in [0.15, 0.2) is 11.4 Å². The van der Waals surface area contributed by atoms with Crippen molar-refractivity contribution >= 4 is 38.4 Å². The van der Waals surface area contributed by atoms with Crippen LogP contribution in [-0.2, 0) is 22.4 Å². The van der Waals surface area contributed by atoms with Gasteiger partial charge in [-0.2, -0.15) is 0 Å². The number of H-pyrrole nitrogens is 1. The molecule has 1 N–H and O–H groups in total. The number of aromatic amines is 1. The maximum atomic E-state index is 12.9. The lowest BCUT2D eigenvalue weighted by molar-refractivity contribution is -0.138. The number of pyridine rings is 1. The van der Waals surface area contributed by atoms with E-state index in [1.807, 2.05) is 45.9 Å². The van der Waals surface area contributed by atoms with E-state index in [2.05, 4.69) is 4.98 Å². The maximum Gasteiger partial charge on any atom is 0.417 e.